The van der Waals surface area contributed by atoms with Gasteiger partial charge in [0.25, 0.3) is 0 Å². The Balaban J connectivity index is 3.89. The van der Waals surface area contributed by atoms with Crippen molar-refractivity contribution >= 4 is 29.0 Å². The van der Waals surface area contributed by atoms with Crippen LogP contribution in [0.4, 0.5) is 0 Å². The molecule has 2 amide bonds. The Morgan fingerprint density at radius 1 is 1.33 bits per heavy atom. The largest absolute Gasteiger partial charge is 0.393 e. The van der Waals surface area contributed by atoms with Gasteiger partial charge in [-0.25, -0.2) is 0 Å². The van der Waals surface area contributed by atoms with Crippen molar-refractivity contribution in [3.05, 3.63) is 0 Å². The van der Waals surface area contributed by atoms with Gasteiger partial charge in [0.2, 0.25) is 11.8 Å². The average Bonchev–Trinajstić information content (AvgIpc) is 2.15. The molecule has 0 aromatic heterocycles. The van der Waals surface area contributed by atoms with Crippen molar-refractivity contribution in [3.8, 4) is 0 Å². The van der Waals surface area contributed by atoms with Crippen LogP contribution in [0, 0.1) is 0 Å². The Hall–Kier alpha value is -1.17. The van der Waals surface area contributed by atoms with Crippen LogP contribution in [-0.4, -0.2) is 41.3 Å². The minimum Gasteiger partial charge on any atom is -0.393 e. The van der Waals surface area contributed by atoms with Crippen molar-refractivity contribution in [2.45, 2.75) is 20.3 Å². The fourth-order valence-electron chi connectivity index (χ4n) is 1.08. The molecule has 0 unspecified atom stereocenters. The van der Waals surface area contributed by atoms with Gasteiger partial charge in [0.15, 0.2) is 0 Å². The molecule has 0 bridgehead atoms. The molecule has 0 spiro atoms. The van der Waals surface area contributed by atoms with E-state index >= 15 is 0 Å². The summed E-state index contributed by atoms with van der Waals surface area (Å²) in [6, 6.07) is 0. The van der Waals surface area contributed by atoms with Crippen LogP contribution in [0.15, 0.2) is 0 Å². The van der Waals surface area contributed by atoms with E-state index in [0.717, 1.165) is 0 Å². The smallest absolute Gasteiger partial charge is 0.241 e. The van der Waals surface area contributed by atoms with E-state index in [0.29, 0.717) is 13.1 Å². The molecular formula is C9H17N3O2S. The second-order valence-electron chi connectivity index (χ2n) is 2.99. The standard InChI is InChI=1S/C9H17N3O2S/c1-3-12(4-2)9(14)6-11-8(13)5-7(10)15/h3-6H2,1-2H3,(H2,10,15)(H,11,13). The summed E-state index contributed by atoms with van der Waals surface area (Å²) in [6.07, 6.45) is -0.0130. The predicted molar refractivity (Wildman–Crippen MR) is 62.3 cm³/mol. The first-order valence-corrected chi connectivity index (χ1v) is 5.24. The van der Waals surface area contributed by atoms with E-state index in [-0.39, 0.29) is 29.8 Å². The lowest BCUT2D eigenvalue weighted by Gasteiger charge is -2.18. The van der Waals surface area contributed by atoms with Gasteiger partial charge in [-0.2, -0.15) is 0 Å². The van der Waals surface area contributed by atoms with Crippen LogP contribution < -0.4 is 11.1 Å². The van der Waals surface area contributed by atoms with Crippen LogP contribution in [0.25, 0.3) is 0 Å². The van der Waals surface area contributed by atoms with Gasteiger partial charge in [-0.15, -0.1) is 0 Å². The number of nitrogens with two attached hydrogens (primary N) is 1. The summed E-state index contributed by atoms with van der Waals surface area (Å²) in [5.41, 5.74) is 5.19. The van der Waals surface area contributed by atoms with E-state index in [1.165, 1.54) is 0 Å². The molecule has 0 aliphatic carbocycles. The molecule has 0 radical (unpaired) electrons. The van der Waals surface area contributed by atoms with E-state index in [2.05, 4.69) is 17.5 Å². The monoisotopic (exact) mass is 231 g/mol. The molecule has 0 aliphatic rings. The third-order valence-electron chi connectivity index (χ3n) is 1.89. The summed E-state index contributed by atoms with van der Waals surface area (Å²) < 4.78 is 0. The minimum absolute atomic E-state index is 0.00310. The number of amides is 2. The van der Waals surface area contributed by atoms with Gasteiger partial charge in [-0.3, -0.25) is 9.59 Å². The number of thiocarbonyl (C=S) groups is 1. The fraction of sp³-hybridized carbons (Fsp3) is 0.667. The number of carbonyl (C=O) groups excluding carboxylic acids is 2. The molecule has 0 saturated carbocycles. The molecule has 0 aromatic carbocycles. The molecule has 86 valence electrons. The van der Waals surface area contributed by atoms with E-state index in [4.69, 9.17) is 5.73 Å². The normalized spacial score (nSPS) is 9.47. The third-order valence-corrected chi connectivity index (χ3v) is 2.03. The van der Waals surface area contributed by atoms with Crippen molar-refractivity contribution in [2.75, 3.05) is 19.6 Å². The molecule has 0 heterocycles. The second kappa shape index (κ2) is 7.17. The van der Waals surface area contributed by atoms with Crippen molar-refractivity contribution in [1.82, 2.24) is 10.2 Å². The number of nitrogens with zero attached hydrogens (tertiary/aromatic N) is 1. The predicted octanol–water partition coefficient (Wildman–Crippen LogP) is -0.353. The summed E-state index contributed by atoms with van der Waals surface area (Å²) in [6.45, 7) is 5.06. The molecule has 3 N–H and O–H groups in total. The molecular weight excluding hydrogens is 214 g/mol. The number of carbonyl (C=O) groups is 2. The molecule has 0 atom stereocenters. The van der Waals surface area contributed by atoms with Gasteiger partial charge in [-0.05, 0) is 13.8 Å². The van der Waals surface area contributed by atoms with Gasteiger partial charge in [0.1, 0.15) is 0 Å². The van der Waals surface area contributed by atoms with Crippen LogP contribution in [-0.2, 0) is 9.59 Å². The maximum Gasteiger partial charge on any atom is 0.241 e. The Morgan fingerprint density at radius 2 is 1.87 bits per heavy atom. The van der Waals surface area contributed by atoms with E-state index in [1.54, 1.807) is 4.90 Å². The zero-order valence-electron chi connectivity index (χ0n) is 9.08. The van der Waals surface area contributed by atoms with Gasteiger partial charge in [0, 0.05) is 13.1 Å². The van der Waals surface area contributed by atoms with E-state index < -0.39 is 0 Å². The Labute approximate surface area is 95.0 Å². The third kappa shape index (κ3) is 6.01. The maximum absolute atomic E-state index is 11.4. The molecule has 0 aromatic rings. The Morgan fingerprint density at radius 3 is 2.27 bits per heavy atom. The number of likely N-dealkylation sites (N-methyl/N-ethyl adjacent to an activating group) is 1. The molecule has 0 saturated heterocycles. The highest BCUT2D eigenvalue weighted by Gasteiger charge is 2.10. The van der Waals surface area contributed by atoms with Crippen LogP contribution in [0.2, 0.25) is 0 Å². The highest BCUT2D eigenvalue weighted by atomic mass is 32.1. The Kier molecular flexibility index (Phi) is 6.61. The van der Waals surface area contributed by atoms with Crippen LogP contribution >= 0.6 is 12.2 Å². The van der Waals surface area contributed by atoms with Gasteiger partial charge < -0.3 is 16.0 Å². The van der Waals surface area contributed by atoms with E-state index in [1.807, 2.05) is 13.8 Å². The lowest BCUT2D eigenvalue weighted by atomic mass is 10.4. The number of hydrogen-bond donors (Lipinski definition) is 2. The molecule has 0 aliphatic heterocycles. The Bertz CT molecular complexity index is 252. The first kappa shape index (κ1) is 13.8. The minimum atomic E-state index is -0.317. The molecule has 15 heavy (non-hydrogen) atoms. The highest BCUT2D eigenvalue weighted by molar-refractivity contribution is 7.80. The average molecular weight is 231 g/mol. The summed E-state index contributed by atoms with van der Waals surface area (Å²) in [5.74, 6) is -0.417. The zero-order valence-corrected chi connectivity index (χ0v) is 9.89. The van der Waals surface area contributed by atoms with Crippen molar-refractivity contribution in [1.29, 1.82) is 0 Å². The summed E-state index contributed by atoms with van der Waals surface area (Å²) >= 11 is 4.57. The highest BCUT2D eigenvalue weighted by Crippen LogP contribution is 1.88. The number of hydrogen-bond acceptors (Lipinski definition) is 3. The summed E-state index contributed by atoms with van der Waals surface area (Å²) in [4.78, 5) is 24.3. The summed E-state index contributed by atoms with van der Waals surface area (Å²) in [5, 5.41) is 2.47. The summed E-state index contributed by atoms with van der Waals surface area (Å²) in [7, 11) is 0. The van der Waals surface area contributed by atoms with Gasteiger partial charge >= 0.3 is 0 Å². The maximum atomic E-state index is 11.4. The van der Waals surface area contributed by atoms with E-state index in [9.17, 15) is 9.59 Å². The molecule has 6 heteroatoms. The van der Waals surface area contributed by atoms with Crippen LogP contribution in [0.3, 0.4) is 0 Å². The van der Waals surface area contributed by atoms with Gasteiger partial charge in [0.05, 0.1) is 18.0 Å². The quantitative estimate of drug-likeness (QED) is 0.613. The molecule has 0 rings (SSSR count). The zero-order chi connectivity index (χ0) is 11.8. The van der Waals surface area contributed by atoms with Crippen molar-refractivity contribution < 1.29 is 9.59 Å². The number of nitrogens with one attached hydrogen (secondary N) is 1. The lowest BCUT2D eigenvalue weighted by Crippen LogP contribution is -2.40. The van der Waals surface area contributed by atoms with Gasteiger partial charge in [-0.1, -0.05) is 12.2 Å². The first-order chi connectivity index (χ1) is 7.01. The SMILES string of the molecule is CCN(CC)C(=O)CNC(=O)CC(N)=S. The molecule has 0 fully saturated rings. The lowest BCUT2D eigenvalue weighted by molar-refractivity contribution is -0.132. The second-order valence-corrected chi connectivity index (χ2v) is 3.51. The topological polar surface area (TPSA) is 75.4 Å². The van der Waals surface area contributed by atoms with Crippen LogP contribution in [0.5, 0.6) is 0 Å². The first-order valence-electron chi connectivity index (χ1n) is 4.84. The fourth-order valence-corrected chi connectivity index (χ4v) is 1.21. The van der Waals surface area contributed by atoms with Crippen molar-refractivity contribution in [3.63, 3.8) is 0 Å². The van der Waals surface area contributed by atoms with Crippen molar-refractivity contribution in [2.24, 2.45) is 5.73 Å². The van der Waals surface area contributed by atoms with Crippen LogP contribution in [0.1, 0.15) is 20.3 Å². The molecule has 5 nitrogen and oxygen atoms in total. The number of rotatable bonds is 6.